The highest BCUT2D eigenvalue weighted by molar-refractivity contribution is 5.68. The SMILES string of the molecule is C=COC(=O)N1CCC(Nc2ccc(C)cc2[N+](=O)[O-])CC1. The molecule has 1 saturated heterocycles. The largest absolute Gasteiger partial charge is 0.419 e. The van der Waals surface area contributed by atoms with Gasteiger partial charge in [0, 0.05) is 25.2 Å². The van der Waals surface area contributed by atoms with Crippen LogP contribution < -0.4 is 5.32 Å². The van der Waals surface area contributed by atoms with Gasteiger partial charge in [-0.05, 0) is 31.4 Å². The molecule has 0 bridgehead atoms. The van der Waals surface area contributed by atoms with Gasteiger partial charge in [0.25, 0.3) is 5.69 Å². The standard InChI is InChI=1S/C15H19N3O4/c1-3-22-15(19)17-8-6-12(7-9-17)16-13-5-4-11(2)10-14(13)18(20)21/h3-5,10,12,16H,1,6-9H2,2H3. The molecule has 1 aromatic rings. The summed E-state index contributed by atoms with van der Waals surface area (Å²) in [6.45, 7) is 6.26. The number of piperidine rings is 1. The third-order valence-electron chi connectivity index (χ3n) is 3.65. The van der Waals surface area contributed by atoms with Crippen molar-refractivity contribution in [3.05, 3.63) is 46.7 Å². The Morgan fingerprint density at radius 1 is 1.50 bits per heavy atom. The minimum absolute atomic E-state index is 0.0773. The summed E-state index contributed by atoms with van der Waals surface area (Å²) in [6.07, 6.45) is 2.12. The molecule has 1 aromatic carbocycles. The first-order valence-electron chi connectivity index (χ1n) is 7.09. The Hall–Kier alpha value is -2.57. The lowest BCUT2D eigenvalue weighted by molar-refractivity contribution is -0.384. The second-order valence-corrected chi connectivity index (χ2v) is 5.23. The Bertz CT molecular complexity index is 580. The minimum atomic E-state index is -0.408. The molecular formula is C15H19N3O4. The van der Waals surface area contributed by atoms with Crippen molar-refractivity contribution in [2.75, 3.05) is 18.4 Å². The third-order valence-corrected chi connectivity index (χ3v) is 3.65. The molecule has 0 unspecified atom stereocenters. The molecule has 118 valence electrons. The second-order valence-electron chi connectivity index (χ2n) is 5.23. The van der Waals surface area contributed by atoms with Crippen LogP contribution >= 0.6 is 0 Å². The summed E-state index contributed by atoms with van der Waals surface area (Å²) in [5.41, 5.74) is 1.44. The first kappa shape index (κ1) is 15.8. The predicted octanol–water partition coefficient (Wildman–Crippen LogP) is 3.06. The molecule has 1 heterocycles. The average Bonchev–Trinajstić information content (AvgIpc) is 2.50. The van der Waals surface area contributed by atoms with Gasteiger partial charge in [0.2, 0.25) is 0 Å². The highest BCUT2D eigenvalue weighted by Crippen LogP contribution is 2.27. The van der Waals surface area contributed by atoms with Crippen LogP contribution in [0, 0.1) is 17.0 Å². The fourth-order valence-electron chi connectivity index (χ4n) is 2.49. The van der Waals surface area contributed by atoms with Gasteiger partial charge in [-0.2, -0.15) is 0 Å². The topological polar surface area (TPSA) is 84.7 Å². The van der Waals surface area contributed by atoms with Gasteiger partial charge >= 0.3 is 6.09 Å². The zero-order chi connectivity index (χ0) is 16.1. The summed E-state index contributed by atoms with van der Waals surface area (Å²) in [5, 5.41) is 14.3. The van der Waals surface area contributed by atoms with Gasteiger partial charge < -0.3 is 15.0 Å². The zero-order valence-electron chi connectivity index (χ0n) is 12.4. The molecular weight excluding hydrogens is 286 g/mol. The number of nitro groups is 1. The van der Waals surface area contributed by atoms with Crippen LogP contribution in [0.3, 0.4) is 0 Å². The number of benzene rings is 1. The number of ether oxygens (including phenoxy) is 1. The molecule has 0 aromatic heterocycles. The molecule has 1 aliphatic rings. The average molecular weight is 305 g/mol. The molecule has 0 spiro atoms. The highest BCUT2D eigenvalue weighted by atomic mass is 16.6. The molecule has 0 saturated carbocycles. The number of carbonyl (C=O) groups is 1. The summed E-state index contributed by atoms with van der Waals surface area (Å²) in [7, 11) is 0. The number of nitro benzene ring substituents is 1. The zero-order valence-corrected chi connectivity index (χ0v) is 12.4. The summed E-state index contributed by atoms with van der Waals surface area (Å²) in [5.74, 6) is 0. The van der Waals surface area contributed by atoms with Crippen LogP contribution in [0.25, 0.3) is 0 Å². The van der Waals surface area contributed by atoms with E-state index >= 15 is 0 Å². The lowest BCUT2D eigenvalue weighted by atomic mass is 10.0. The maximum absolute atomic E-state index is 11.6. The molecule has 0 atom stereocenters. The van der Waals surface area contributed by atoms with Crippen molar-refractivity contribution >= 4 is 17.5 Å². The van der Waals surface area contributed by atoms with Crippen LogP contribution in [0.5, 0.6) is 0 Å². The van der Waals surface area contributed by atoms with Gasteiger partial charge in [0.15, 0.2) is 0 Å². The van der Waals surface area contributed by atoms with Gasteiger partial charge in [-0.25, -0.2) is 4.79 Å². The molecule has 1 N–H and O–H groups in total. The molecule has 0 radical (unpaired) electrons. The van der Waals surface area contributed by atoms with Gasteiger partial charge in [-0.1, -0.05) is 12.6 Å². The maximum Gasteiger partial charge on any atom is 0.414 e. The van der Waals surface area contributed by atoms with Crippen molar-refractivity contribution in [3.8, 4) is 0 Å². The van der Waals surface area contributed by atoms with E-state index in [-0.39, 0.29) is 16.7 Å². The van der Waals surface area contributed by atoms with Crippen molar-refractivity contribution in [2.45, 2.75) is 25.8 Å². The predicted molar refractivity (Wildman–Crippen MR) is 82.7 cm³/mol. The van der Waals surface area contributed by atoms with Gasteiger partial charge in [0.05, 0.1) is 11.2 Å². The lowest BCUT2D eigenvalue weighted by Crippen LogP contribution is -2.42. The van der Waals surface area contributed by atoms with Crippen LogP contribution in [0.15, 0.2) is 31.0 Å². The van der Waals surface area contributed by atoms with Crippen molar-refractivity contribution in [2.24, 2.45) is 0 Å². The van der Waals surface area contributed by atoms with Gasteiger partial charge in [0.1, 0.15) is 5.69 Å². The van der Waals surface area contributed by atoms with Crippen molar-refractivity contribution in [3.63, 3.8) is 0 Å². The Morgan fingerprint density at radius 3 is 2.77 bits per heavy atom. The summed E-state index contributed by atoms with van der Waals surface area (Å²) >= 11 is 0. The van der Waals surface area contributed by atoms with Crippen LogP contribution in [0.2, 0.25) is 0 Å². The van der Waals surface area contributed by atoms with Crippen molar-refractivity contribution in [1.82, 2.24) is 4.90 Å². The van der Waals surface area contributed by atoms with E-state index in [9.17, 15) is 14.9 Å². The Morgan fingerprint density at radius 2 is 2.18 bits per heavy atom. The number of nitrogens with one attached hydrogen (secondary N) is 1. The number of rotatable bonds is 4. The van der Waals surface area contributed by atoms with Crippen LogP contribution in [0.1, 0.15) is 18.4 Å². The summed E-state index contributed by atoms with van der Waals surface area (Å²) < 4.78 is 4.74. The van der Waals surface area contributed by atoms with E-state index in [1.165, 1.54) is 0 Å². The summed E-state index contributed by atoms with van der Waals surface area (Å²) in [4.78, 5) is 23.9. The van der Waals surface area contributed by atoms with Crippen LogP contribution in [-0.4, -0.2) is 35.0 Å². The Balaban J connectivity index is 1.98. The number of anilines is 1. The van der Waals surface area contributed by atoms with E-state index in [1.54, 1.807) is 17.0 Å². The first-order chi connectivity index (χ1) is 10.5. The number of carbonyl (C=O) groups excluding carboxylic acids is 1. The fraction of sp³-hybridized carbons (Fsp3) is 0.400. The molecule has 2 rings (SSSR count). The molecule has 7 heteroatoms. The van der Waals surface area contributed by atoms with Crippen molar-refractivity contribution < 1.29 is 14.5 Å². The van der Waals surface area contributed by atoms with Gasteiger partial charge in [-0.15, -0.1) is 0 Å². The second kappa shape index (κ2) is 6.93. The normalized spacial score (nSPS) is 15.2. The van der Waals surface area contributed by atoms with E-state index in [0.717, 1.165) is 11.8 Å². The number of amides is 1. The molecule has 1 amide bonds. The lowest BCUT2D eigenvalue weighted by Gasteiger charge is -2.31. The van der Waals surface area contributed by atoms with E-state index in [2.05, 4.69) is 11.9 Å². The molecule has 1 aliphatic heterocycles. The van der Waals surface area contributed by atoms with Gasteiger partial charge in [-0.3, -0.25) is 10.1 Å². The number of nitrogens with zero attached hydrogens (tertiary/aromatic N) is 2. The van der Waals surface area contributed by atoms with E-state index in [4.69, 9.17) is 4.74 Å². The monoisotopic (exact) mass is 305 g/mol. The third kappa shape index (κ3) is 3.75. The number of likely N-dealkylation sites (tertiary alicyclic amines) is 1. The van der Waals surface area contributed by atoms with Crippen molar-refractivity contribution in [1.29, 1.82) is 0 Å². The first-order valence-corrected chi connectivity index (χ1v) is 7.09. The molecule has 1 fully saturated rings. The molecule has 7 nitrogen and oxygen atoms in total. The van der Waals surface area contributed by atoms with E-state index in [1.807, 2.05) is 13.0 Å². The molecule has 22 heavy (non-hydrogen) atoms. The minimum Gasteiger partial charge on any atom is -0.419 e. The Labute approximate surface area is 128 Å². The quantitative estimate of drug-likeness (QED) is 0.525. The van der Waals surface area contributed by atoms with E-state index in [0.29, 0.717) is 31.6 Å². The Kier molecular flexibility index (Phi) is 4.98. The number of aryl methyl sites for hydroxylation is 1. The van der Waals surface area contributed by atoms with Crippen LogP contribution in [0.4, 0.5) is 16.2 Å². The van der Waals surface area contributed by atoms with E-state index < -0.39 is 6.09 Å². The van der Waals surface area contributed by atoms with Crippen LogP contribution in [-0.2, 0) is 4.74 Å². The number of hydrogen-bond acceptors (Lipinski definition) is 5. The summed E-state index contributed by atoms with van der Waals surface area (Å²) in [6, 6.07) is 5.21. The number of hydrogen-bond donors (Lipinski definition) is 1. The smallest absolute Gasteiger partial charge is 0.414 e. The fourth-order valence-corrected chi connectivity index (χ4v) is 2.49. The maximum atomic E-state index is 11.6. The molecule has 0 aliphatic carbocycles. The highest BCUT2D eigenvalue weighted by Gasteiger charge is 2.25.